The normalized spacial score (nSPS) is 13.5. The summed E-state index contributed by atoms with van der Waals surface area (Å²) < 4.78 is 5.49. The highest BCUT2D eigenvalue weighted by Crippen LogP contribution is 2.34. The second-order valence-electron chi connectivity index (χ2n) is 5.39. The van der Waals surface area contributed by atoms with E-state index in [0.717, 1.165) is 12.2 Å². The summed E-state index contributed by atoms with van der Waals surface area (Å²) in [6.07, 6.45) is 1.06. The van der Waals surface area contributed by atoms with Crippen molar-refractivity contribution in [2.24, 2.45) is 0 Å². The van der Waals surface area contributed by atoms with E-state index in [0.29, 0.717) is 16.5 Å². The van der Waals surface area contributed by atoms with Gasteiger partial charge in [0.15, 0.2) is 0 Å². The van der Waals surface area contributed by atoms with Crippen molar-refractivity contribution >= 4 is 15.9 Å². The molecular formula is C19H21BrO. The Kier molecular flexibility index (Phi) is 5.63. The predicted molar refractivity (Wildman–Crippen MR) is 93.0 cm³/mol. The Morgan fingerprint density at radius 2 is 1.67 bits per heavy atom. The van der Waals surface area contributed by atoms with Crippen LogP contribution in [-0.4, -0.2) is 0 Å². The van der Waals surface area contributed by atoms with Gasteiger partial charge < -0.3 is 4.74 Å². The molecule has 0 heterocycles. The third-order valence-electron chi connectivity index (χ3n) is 3.46. The first-order valence-electron chi connectivity index (χ1n) is 7.18. The molecule has 2 unspecified atom stereocenters. The number of rotatable bonds is 6. The molecule has 2 atom stereocenters. The van der Waals surface area contributed by atoms with Gasteiger partial charge >= 0.3 is 0 Å². The molecule has 2 aromatic rings. The molecule has 0 radical (unpaired) electrons. The Morgan fingerprint density at radius 1 is 1.05 bits per heavy atom. The van der Waals surface area contributed by atoms with Gasteiger partial charge in [0.2, 0.25) is 0 Å². The van der Waals surface area contributed by atoms with Crippen LogP contribution in [0.5, 0.6) is 5.75 Å². The molecule has 1 nitrogen and oxygen atoms in total. The molecule has 110 valence electrons. The minimum atomic E-state index is 0.339. The van der Waals surface area contributed by atoms with Crippen molar-refractivity contribution in [3.63, 3.8) is 0 Å². The van der Waals surface area contributed by atoms with E-state index in [-0.39, 0.29) is 0 Å². The molecule has 0 spiro atoms. The molecule has 2 heteroatoms. The zero-order chi connectivity index (χ0) is 15.2. The van der Waals surface area contributed by atoms with Crippen LogP contribution in [-0.2, 0) is 0 Å². The Morgan fingerprint density at radius 3 is 2.24 bits per heavy atom. The molecule has 0 bridgehead atoms. The fourth-order valence-corrected chi connectivity index (χ4v) is 3.18. The number of allylic oxidation sites excluding steroid dienone is 1. The van der Waals surface area contributed by atoms with Crippen LogP contribution in [0, 0.1) is 0 Å². The largest absolute Gasteiger partial charge is 0.463 e. The Bertz CT molecular complexity index is 574. The van der Waals surface area contributed by atoms with Crippen molar-refractivity contribution in [2.45, 2.75) is 31.0 Å². The van der Waals surface area contributed by atoms with Gasteiger partial charge in [0.05, 0.1) is 5.76 Å². The second-order valence-corrected chi connectivity index (χ2v) is 6.49. The van der Waals surface area contributed by atoms with Gasteiger partial charge in [-0.15, -0.1) is 0 Å². The standard InChI is InChI=1S/C19H21BrO/c1-14(2)21-18-11-9-17(10-12-18)19(20)13-15(3)16-7-5-4-6-8-16/h4-12,15,19H,1,13H2,2-3H3. The summed E-state index contributed by atoms with van der Waals surface area (Å²) in [4.78, 5) is 0.339. The fourth-order valence-electron chi connectivity index (χ4n) is 2.31. The SMILES string of the molecule is C=C(C)Oc1ccc(C(Br)CC(C)c2ccccc2)cc1. The number of halogens is 1. The average Bonchev–Trinajstić information content (AvgIpc) is 2.48. The summed E-state index contributed by atoms with van der Waals surface area (Å²) >= 11 is 3.80. The molecule has 0 aromatic heterocycles. The van der Waals surface area contributed by atoms with Gasteiger partial charge in [-0.1, -0.05) is 71.9 Å². The molecule has 0 fully saturated rings. The molecule has 2 aromatic carbocycles. The van der Waals surface area contributed by atoms with Gasteiger partial charge in [-0.05, 0) is 42.5 Å². The van der Waals surface area contributed by atoms with Crippen LogP contribution in [0.3, 0.4) is 0 Å². The van der Waals surface area contributed by atoms with Gasteiger partial charge in [0, 0.05) is 4.83 Å². The molecule has 2 rings (SSSR count). The first kappa shape index (κ1) is 15.8. The lowest BCUT2D eigenvalue weighted by atomic mass is 9.94. The van der Waals surface area contributed by atoms with Crippen molar-refractivity contribution in [1.82, 2.24) is 0 Å². The summed E-state index contributed by atoms with van der Waals surface area (Å²) in [6.45, 7) is 7.87. The van der Waals surface area contributed by atoms with Gasteiger partial charge in [-0.3, -0.25) is 0 Å². The van der Waals surface area contributed by atoms with Crippen molar-refractivity contribution in [3.8, 4) is 5.75 Å². The molecule has 0 aliphatic heterocycles. The molecule has 0 saturated carbocycles. The molecular weight excluding hydrogens is 324 g/mol. The average molecular weight is 345 g/mol. The first-order chi connectivity index (χ1) is 10.1. The van der Waals surface area contributed by atoms with E-state index < -0.39 is 0 Å². The smallest absolute Gasteiger partial charge is 0.126 e. The highest BCUT2D eigenvalue weighted by molar-refractivity contribution is 9.09. The number of benzene rings is 2. The van der Waals surface area contributed by atoms with E-state index >= 15 is 0 Å². The zero-order valence-corrected chi connectivity index (χ0v) is 14.1. The van der Waals surface area contributed by atoms with Gasteiger partial charge in [-0.2, -0.15) is 0 Å². The van der Waals surface area contributed by atoms with Crippen molar-refractivity contribution in [2.75, 3.05) is 0 Å². The van der Waals surface area contributed by atoms with Crippen LogP contribution in [0.1, 0.15) is 42.1 Å². The molecule has 0 saturated heterocycles. The molecule has 0 amide bonds. The number of ether oxygens (including phenoxy) is 1. The van der Waals surface area contributed by atoms with Crippen molar-refractivity contribution in [3.05, 3.63) is 78.1 Å². The first-order valence-corrected chi connectivity index (χ1v) is 8.10. The summed E-state index contributed by atoms with van der Waals surface area (Å²) in [5.74, 6) is 2.06. The van der Waals surface area contributed by atoms with Gasteiger partial charge in [0.25, 0.3) is 0 Å². The fraction of sp³-hybridized carbons (Fsp3) is 0.263. The summed E-state index contributed by atoms with van der Waals surface area (Å²) in [7, 11) is 0. The highest BCUT2D eigenvalue weighted by atomic mass is 79.9. The van der Waals surface area contributed by atoms with Crippen molar-refractivity contribution in [1.29, 1.82) is 0 Å². The lowest BCUT2D eigenvalue weighted by molar-refractivity contribution is 0.430. The summed E-state index contributed by atoms with van der Waals surface area (Å²) in [6, 6.07) is 18.8. The topological polar surface area (TPSA) is 9.23 Å². The second kappa shape index (κ2) is 7.46. The third kappa shape index (κ3) is 4.75. The monoisotopic (exact) mass is 344 g/mol. The molecule has 21 heavy (non-hydrogen) atoms. The van der Waals surface area contributed by atoms with E-state index in [1.165, 1.54) is 11.1 Å². The Hall–Kier alpha value is -1.54. The van der Waals surface area contributed by atoms with Crippen LogP contribution in [0.25, 0.3) is 0 Å². The molecule has 0 aliphatic carbocycles. The maximum absolute atomic E-state index is 5.49. The lowest BCUT2D eigenvalue weighted by Crippen LogP contribution is -1.99. The lowest BCUT2D eigenvalue weighted by Gasteiger charge is -2.17. The molecule has 0 aliphatic rings. The van der Waals surface area contributed by atoms with Gasteiger partial charge in [0.1, 0.15) is 5.75 Å². The van der Waals surface area contributed by atoms with Crippen LogP contribution in [0.15, 0.2) is 66.9 Å². The number of alkyl halides is 1. The third-order valence-corrected chi connectivity index (χ3v) is 4.37. The Balaban J connectivity index is 2.00. The van der Waals surface area contributed by atoms with Crippen LogP contribution in [0.2, 0.25) is 0 Å². The quantitative estimate of drug-likeness (QED) is 0.445. The van der Waals surface area contributed by atoms with E-state index in [1.807, 2.05) is 19.1 Å². The Labute approximate surface area is 135 Å². The maximum atomic E-state index is 5.49. The summed E-state index contributed by atoms with van der Waals surface area (Å²) in [5.41, 5.74) is 2.65. The highest BCUT2D eigenvalue weighted by Gasteiger charge is 2.13. The number of hydrogen-bond acceptors (Lipinski definition) is 1. The maximum Gasteiger partial charge on any atom is 0.126 e. The van der Waals surface area contributed by atoms with E-state index in [1.54, 1.807) is 0 Å². The van der Waals surface area contributed by atoms with E-state index in [9.17, 15) is 0 Å². The van der Waals surface area contributed by atoms with E-state index in [4.69, 9.17) is 4.74 Å². The minimum Gasteiger partial charge on any atom is -0.463 e. The van der Waals surface area contributed by atoms with Crippen LogP contribution < -0.4 is 4.74 Å². The van der Waals surface area contributed by atoms with Crippen molar-refractivity contribution < 1.29 is 4.74 Å². The van der Waals surface area contributed by atoms with E-state index in [2.05, 4.69) is 71.9 Å². The summed E-state index contributed by atoms with van der Waals surface area (Å²) in [5, 5.41) is 0. The minimum absolute atomic E-state index is 0.339. The van der Waals surface area contributed by atoms with Gasteiger partial charge in [-0.25, -0.2) is 0 Å². The van der Waals surface area contributed by atoms with Crippen LogP contribution >= 0.6 is 15.9 Å². The van der Waals surface area contributed by atoms with Crippen LogP contribution in [0.4, 0.5) is 0 Å². The predicted octanol–water partition coefficient (Wildman–Crippen LogP) is 6.23. The molecule has 0 N–H and O–H groups in total. The zero-order valence-electron chi connectivity index (χ0n) is 12.6. The number of hydrogen-bond donors (Lipinski definition) is 0.